The standard InChI is InChI=1S/C20H25N3O5/c1-12(2)10-14(19(27)28)21-16(24)11-22-18(26)13-6-4-5-7-15(13)23-17(25)8-9-20(22,23)3/h4-7,12,14H,8-11H2,1-3H3,(H,21,24)(H,27,28)/t14-,20?/m0/s1. The highest BCUT2D eigenvalue weighted by atomic mass is 16.4. The SMILES string of the molecule is CC(C)C[C@H](NC(=O)CN1C(=O)c2ccccc2N2C(=O)CCC12C)C(=O)O. The third kappa shape index (κ3) is 3.34. The molecule has 8 heteroatoms. The molecule has 1 saturated heterocycles. The molecule has 0 bridgehead atoms. The molecule has 1 aromatic rings. The first-order chi connectivity index (χ1) is 13.1. The van der Waals surface area contributed by atoms with Gasteiger partial charge in [0.1, 0.15) is 18.2 Å². The number of nitrogens with zero attached hydrogens (tertiary/aromatic N) is 2. The van der Waals surface area contributed by atoms with Crippen molar-refractivity contribution in [3.63, 3.8) is 0 Å². The predicted molar refractivity (Wildman–Crippen MR) is 102 cm³/mol. The molecule has 1 fully saturated rings. The number of nitrogens with one attached hydrogen (secondary N) is 1. The summed E-state index contributed by atoms with van der Waals surface area (Å²) in [6.07, 6.45) is 0.981. The Hall–Kier alpha value is -2.90. The zero-order chi connectivity index (χ0) is 20.6. The average molecular weight is 387 g/mol. The van der Waals surface area contributed by atoms with Gasteiger partial charge in [0.25, 0.3) is 5.91 Å². The minimum Gasteiger partial charge on any atom is -0.480 e. The van der Waals surface area contributed by atoms with Gasteiger partial charge in [-0.15, -0.1) is 0 Å². The lowest BCUT2D eigenvalue weighted by Gasteiger charge is -2.48. The van der Waals surface area contributed by atoms with Gasteiger partial charge in [-0.2, -0.15) is 0 Å². The van der Waals surface area contributed by atoms with Crippen molar-refractivity contribution in [1.29, 1.82) is 0 Å². The molecule has 1 unspecified atom stereocenters. The van der Waals surface area contributed by atoms with Gasteiger partial charge >= 0.3 is 5.97 Å². The van der Waals surface area contributed by atoms with Crippen molar-refractivity contribution < 1.29 is 24.3 Å². The fourth-order valence-corrected chi connectivity index (χ4v) is 4.02. The number of carboxylic acid groups (broad SMARTS) is 1. The van der Waals surface area contributed by atoms with Crippen LogP contribution in [0.4, 0.5) is 5.69 Å². The summed E-state index contributed by atoms with van der Waals surface area (Å²) >= 11 is 0. The highest BCUT2D eigenvalue weighted by molar-refractivity contribution is 6.11. The van der Waals surface area contributed by atoms with Gasteiger partial charge in [0.15, 0.2) is 0 Å². The van der Waals surface area contributed by atoms with Crippen LogP contribution < -0.4 is 10.2 Å². The van der Waals surface area contributed by atoms with Crippen LogP contribution in [0.15, 0.2) is 24.3 Å². The number of carbonyl (C=O) groups is 4. The van der Waals surface area contributed by atoms with Gasteiger partial charge in [-0.3, -0.25) is 19.3 Å². The van der Waals surface area contributed by atoms with E-state index in [0.717, 1.165) is 0 Å². The molecule has 1 aromatic carbocycles. The number of aliphatic carboxylic acids is 1. The van der Waals surface area contributed by atoms with Crippen LogP contribution >= 0.6 is 0 Å². The molecule has 2 aliphatic heterocycles. The van der Waals surface area contributed by atoms with E-state index in [9.17, 15) is 24.3 Å². The quantitative estimate of drug-likeness (QED) is 0.771. The number of benzene rings is 1. The van der Waals surface area contributed by atoms with Gasteiger partial charge in [0, 0.05) is 6.42 Å². The summed E-state index contributed by atoms with van der Waals surface area (Å²) < 4.78 is 0. The molecule has 2 heterocycles. The highest BCUT2D eigenvalue weighted by Crippen LogP contribution is 2.43. The van der Waals surface area contributed by atoms with E-state index in [0.29, 0.717) is 24.1 Å². The lowest BCUT2D eigenvalue weighted by molar-refractivity contribution is -0.142. The number of carboxylic acids is 1. The zero-order valence-electron chi connectivity index (χ0n) is 16.3. The molecular weight excluding hydrogens is 362 g/mol. The van der Waals surface area contributed by atoms with Crippen LogP contribution in [0, 0.1) is 5.92 Å². The van der Waals surface area contributed by atoms with Crippen LogP contribution in [0.3, 0.4) is 0 Å². The van der Waals surface area contributed by atoms with Crippen LogP contribution in [0.5, 0.6) is 0 Å². The number of rotatable bonds is 6. The van der Waals surface area contributed by atoms with Crippen molar-refractivity contribution in [2.45, 2.75) is 51.7 Å². The molecule has 2 aliphatic rings. The number of para-hydroxylation sites is 1. The lowest BCUT2D eigenvalue weighted by Crippen LogP contribution is -2.64. The summed E-state index contributed by atoms with van der Waals surface area (Å²) in [6, 6.07) is 5.82. The Morgan fingerprint density at radius 2 is 1.93 bits per heavy atom. The summed E-state index contributed by atoms with van der Waals surface area (Å²) in [5, 5.41) is 11.9. The Morgan fingerprint density at radius 1 is 1.25 bits per heavy atom. The van der Waals surface area contributed by atoms with E-state index in [1.54, 1.807) is 36.1 Å². The van der Waals surface area contributed by atoms with Crippen molar-refractivity contribution in [3.05, 3.63) is 29.8 Å². The van der Waals surface area contributed by atoms with E-state index < -0.39 is 23.6 Å². The third-order valence-electron chi connectivity index (χ3n) is 5.39. The Kier molecular flexibility index (Phi) is 5.14. The van der Waals surface area contributed by atoms with Crippen molar-refractivity contribution in [1.82, 2.24) is 10.2 Å². The molecule has 0 saturated carbocycles. The molecule has 0 spiro atoms. The van der Waals surface area contributed by atoms with Gasteiger partial charge in [-0.25, -0.2) is 4.79 Å². The molecule has 8 nitrogen and oxygen atoms in total. The Bertz CT molecular complexity index is 837. The summed E-state index contributed by atoms with van der Waals surface area (Å²) in [6.45, 7) is 5.20. The van der Waals surface area contributed by atoms with E-state index in [1.807, 2.05) is 13.8 Å². The van der Waals surface area contributed by atoms with E-state index in [-0.39, 0.29) is 30.7 Å². The highest BCUT2D eigenvalue weighted by Gasteiger charge is 2.53. The molecule has 2 N–H and O–H groups in total. The van der Waals surface area contributed by atoms with Gasteiger partial charge in [-0.05, 0) is 37.8 Å². The second-order valence-electron chi connectivity index (χ2n) is 7.94. The Balaban J connectivity index is 1.87. The molecule has 3 amide bonds. The molecule has 28 heavy (non-hydrogen) atoms. The molecule has 3 rings (SSSR count). The fourth-order valence-electron chi connectivity index (χ4n) is 4.02. The minimum absolute atomic E-state index is 0.0883. The van der Waals surface area contributed by atoms with Crippen molar-refractivity contribution >= 4 is 29.4 Å². The molecule has 0 aromatic heterocycles. The number of carbonyl (C=O) groups excluding carboxylic acids is 3. The fraction of sp³-hybridized carbons (Fsp3) is 0.500. The lowest BCUT2D eigenvalue weighted by atomic mass is 9.98. The maximum Gasteiger partial charge on any atom is 0.326 e. The van der Waals surface area contributed by atoms with Gasteiger partial charge < -0.3 is 15.3 Å². The molecular formula is C20H25N3O5. The molecule has 0 aliphatic carbocycles. The Labute approximate surface area is 163 Å². The summed E-state index contributed by atoms with van der Waals surface area (Å²) in [4.78, 5) is 52.6. The average Bonchev–Trinajstić information content (AvgIpc) is 2.93. The van der Waals surface area contributed by atoms with E-state index in [1.165, 1.54) is 4.90 Å². The predicted octanol–water partition coefficient (Wildman–Crippen LogP) is 1.60. The summed E-state index contributed by atoms with van der Waals surface area (Å²) in [5.41, 5.74) is -0.0336. The van der Waals surface area contributed by atoms with Crippen molar-refractivity contribution in [2.75, 3.05) is 11.4 Å². The van der Waals surface area contributed by atoms with Crippen molar-refractivity contribution in [2.24, 2.45) is 5.92 Å². The van der Waals surface area contributed by atoms with Crippen LogP contribution in [-0.2, 0) is 14.4 Å². The number of hydrogen-bond acceptors (Lipinski definition) is 4. The molecule has 2 atom stereocenters. The normalized spacial score (nSPS) is 22.1. The van der Waals surface area contributed by atoms with Gasteiger partial charge in [0.2, 0.25) is 11.8 Å². The summed E-state index contributed by atoms with van der Waals surface area (Å²) in [7, 11) is 0. The van der Waals surface area contributed by atoms with Crippen LogP contribution in [0.1, 0.15) is 50.4 Å². The largest absolute Gasteiger partial charge is 0.480 e. The number of anilines is 1. The second-order valence-corrected chi connectivity index (χ2v) is 7.94. The minimum atomic E-state index is -1.11. The third-order valence-corrected chi connectivity index (χ3v) is 5.39. The Morgan fingerprint density at radius 3 is 2.57 bits per heavy atom. The van der Waals surface area contributed by atoms with E-state index in [4.69, 9.17) is 0 Å². The number of hydrogen-bond donors (Lipinski definition) is 2. The first-order valence-electron chi connectivity index (χ1n) is 9.41. The first-order valence-corrected chi connectivity index (χ1v) is 9.41. The van der Waals surface area contributed by atoms with Crippen LogP contribution in [0.2, 0.25) is 0 Å². The van der Waals surface area contributed by atoms with E-state index >= 15 is 0 Å². The van der Waals surface area contributed by atoms with Crippen LogP contribution in [-0.4, -0.2) is 51.9 Å². The monoisotopic (exact) mass is 387 g/mol. The van der Waals surface area contributed by atoms with Gasteiger partial charge in [0.05, 0.1) is 11.3 Å². The smallest absolute Gasteiger partial charge is 0.326 e. The first kappa shape index (κ1) is 19.9. The van der Waals surface area contributed by atoms with Crippen LogP contribution in [0.25, 0.3) is 0 Å². The maximum absolute atomic E-state index is 13.1. The topological polar surface area (TPSA) is 107 Å². The number of amides is 3. The number of fused-ring (bicyclic) bond motifs is 3. The zero-order valence-corrected chi connectivity index (χ0v) is 16.3. The van der Waals surface area contributed by atoms with E-state index in [2.05, 4.69) is 5.32 Å². The van der Waals surface area contributed by atoms with Crippen molar-refractivity contribution in [3.8, 4) is 0 Å². The maximum atomic E-state index is 13.1. The summed E-state index contributed by atoms with van der Waals surface area (Å²) in [5.74, 6) is -2.01. The molecule has 0 radical (unpaired) electrons. The van der Waals surface area contributed by atoms with Gasteiger partial charge in [-0.1, -0.05) is 26.0 Å². The molecule has 150 valence electrons. The second kappa shape index (κ2) is 7.26.